The van der Waals surface area contributed by atoms with Gasteiger partial charge in [0.15, 0.2) is 0 Å². The Kier molecular flexibility index (Phi) is 101. The third-order valence-corrected chi connectivity index (χ3v) is 293. The van der Waals surface area contributed by atoms with E-state index in [4.69, 9.17) is 0 Å². The summed E-state index contributed by atoms with van der Waals surface area (Å²) in [5.74, 6) is 0. The van der Waals surface area contributed by atoms with Crippen molar-refractivity contribution < 1.29 is 176 Å². The average molecular weight is 1110 g/mol. The summed E-state index contributed by atoms with van der Waals surface area (Å²) in [5.41, 5.74) is 0. The van der Waals surface area contributed by atoms with Crippen LogP contribution in [0.5, 0.6) is 0 Å². The van der Waals surface area contributed by atoms with Gasteiger partial charge in [0.2, 0.25) is 0 Å². The first-order valence-electron chi connectivity index (χ1n) is 8.67. The van der Waals surface area contributed by atoms with Gasteiger partial charge in [-0.25, -0.2) is 0 Å². The quantitative estimate of drug-likeness (QED) is 0.144. The molecule has 42 heteroatoms. The molecule has 6 rings (SSSR count). The van der Waals surface area contributed by atoms with Gasteiger partial charge in [0.05, 0.1) is 0 Å². The molecule has 258 valence electrons. The van der Waals surface area contributed by atoms with E-state index in [0.717, 1.165) is 0 Å². The van der Waals surface area contributed by atoms with Crippen LogP contribution in [0.4, 0.5) is 0 Å². The molecule has 4 N–H and O–H groups in total. The van der Waals surface area contributed by atoms with Crippen molar-refractivity contribution in [3.8, 4) is 0 Å². The van der Waals surface area contributed by atoms with E-state index in [1.165, 1.54) is 0 Å². The Hall–Kier alpha value is 11.0. The molecule has 0 aromatic carbocycles. The van der Waals surface area contributed by atoms with Crippen molar-refractivity contribution in [1.29, 1.82) is 0 Å². The van der Waals surface area contributed by atoms with Crippen molar-refractivity contribution in [3.05, 3.63) is 0 Å². The Bertz CT molecular complexity index is 571. The largest absolute Gasteiger partial charge is 0 e. The van der Waals surface area contributed by atoms with Gasteiger partial charge in [0.25, 0.3) is 0 Å². The Morgan fingerprint density at radius 2 is 0.444 bits per heavy atom. The van der Waals surface area contributed by atoms with Crippen molar-refractivity contribution in [3.63, 3.8) is 0 Å². The molecule has 0 amide bonds. The summed E-state index contributed by atoms with van der Waals surface area (Å²) in [6.45, 7) is 0. The average Bonchev–Trinajstić information content (AvgIpc) is 2.79. The van der Waals surface area contributed by atoms with E-state index >= 15 is 0 Å². The van der Waals surface area contributed by atoms with Gasteiger partial charge < -0.3 is 11.0 Å². The first-order chi connectivity index (χ1) is 17.8. The van der Waals surface area contributed by atoms with E-state index in [9.17, 15) is 27.4 Å². The molecular weight excluding hydrogens is 1090 g/mol. The molecule has 6 aliphatic rings. The Morgan fingerprint density at radius 1 is 0.333 bits per heavy atom. The van der Waals surface area contributed by atoms with E-state index in [-0.39, 0.29) is 84.4 Å². The zero-order chi connectivity index (χ0) is 27.7. The van der Waals surface area contributed by atoms with Crippen LogP contribution in [-0.4, -0.2) is 134 Å². The van der Waals surface area contributed by atoms with Gasteiger partial charge in [-0.3, -0.25) is 27.4 Å². The third-order valence-electron chi connectivity index (χ3n) is 2.22. The zero-order valence-electron chi connectivity index (χ0n) is 19.8. The minimum Gasteiger partial charge on any atom is 0 e. The third kappa shape index (κ3) is 59.4. The van der Waals surface area contributed by atoms with Crippen LogP contribution in [0.1, 0.15) is 22.3 Å². The van der Waals surface area contributed by atoms with E-state index in [0.29, 0.717) is 70.7 Å². The summed E-state index contributed by atoms with van der Waals surface area (Å²) >= 11 is 6.75. The van der Waals surface area contributed by atoms with Crippen molar-refractivity contribution in [2.24, 2.45) is 0 Å². The maximum absolute atomic E-state index is 9.52. The summed E-state index contributed by atoms with van der Waals surface area (Å²) < 4.78 is 102. The van der Waals surface area contributed by atoms with Gasteiger partial charge in [-0.15, -0.1) is 56.1 Å². The van der Waals surface area contributed by atoms with Gasteiger partial charge >= 0.3 is 172 Å². The van der Waals surface area contributed by atoms with Gasteiger partial charge in [-0.1, -0.05) is 52.5 Å². The van der Waals surface area contributed by atoms with Crippen LogP contribution in [0, 0.1) is 0 Å². The van der Waals surface area contributed by atoms with Gasteiger partial charge in [0, 0.05) is 51.2 Å². The molecule has 2 radical (unpaired) electrons. The number of hydrogen-bond donors (Lipinski definition) is 0. The summed E-state index contributed by atoms with van der Waals surface area (Å²) in [7, 11) is -13.0. The van der Waals surface area contributed by atoms with Crippen LogP contribution in [-0.2, 0) is 165 Å². The van der Waals surface area contributed by atoms with Gasteiger partial charge in [0.1, 0.15) is 0 Å². The predicted octanol–water partition coefficient (Wildman–Crippen LogP) is -0.797. The SMILES string of the molecule is C.C.C.O.O.O=[PH]1OOO1.O=[PH]1OOO1.O=[PH]1OOO1.O=[PH]1OOO1.O=[PH]1OOO1.O=[PH]1OOO1.[Ca][Ca][Ca][Ca][Ca][Ca][Ca].[Fe].[Fe].[Fe]. The molecule has 6 heterocycles. The molecule has 0 spiro atoms. The number of rotatable bonds is 4. The van der Waals surface area contributed by atoms with E-state index in [1.54, 1.807) is 0 Å². The van der Waals surface area contributed by atoms with Crippen LogP contribution in [0.3, 0.4) is 0 Å². The monoisotopic (exact) mass is 1110 g/mol. The van der Waals surface area contributed by atoms with Gasteiger partial charge in [-0.05, 0) is 0 Å². The van der Waals surface area contributed by atoms with Gasteiger partial charge in [-0.2, -0.15) is 0 Å². The standard InChI is InChI=1S/3CH4.7Ca.3Fe.6HO4P.2H2O/c;;;;;;;;;;;;;6*1-5-3-2-4-5;;/h3*1H4;;;;;;;;;;;6*5H;2*1H2. The maximum atomic E-state index is 9.52. The molecule has 6 saturated heterocycles. The summed E-state index contributed by atoms with van der Waals surface area (Å²) in [5, 5.41) is 21.4. The smallest absolute Gasteiger partial charge is 0 e. The first kappa shape index (κ1) is 76.6. The number of hydrogen-bond acceptors (Lipinski definition) is 24. The topological polar surface area (TPSA) is 332 Å². The van der Waals surface area contributed by atoms with E-state index in [1.807, 2.05) is 51.9 Å². The van der Waals surface area contributed by atoms with Crippen molar-refractivity contribution in [2.75, 3.05) is 0 Å². The van der Waals surface area contributed by atoms with Crippen LogP contribution < -0.4 is 0 Å². The molecule has 6 aliphatic heterocycles. The van der Waals surface area contributed by atoms with Crippen LogP contribution in [0.2, 0.25) is 0 Å². The second kappa shape index (κ2) is 59.3. The maximum Gasteiger partial charge on any atom is 0 e. The van der Waals surface area contributed by atoms with Crippen molar-refractivity contribution in [1.82, 2.24) is 0 Å². The molecule has 0 aromatic heterocycles. The molecule has 26 nitrogen and oxygen atoms in total. The summed E-state index contributed by atoms with van der Waals surface area (Å²) in [6.07, 6.45) is 0. The molecule has 0 unspecified atom stereocenters. The predicted molar refractivity (Wildman–Crippen MR) is 141 cm³/mol. The van der Waals surface area contributed by atoms with E-state index in [2.05, 4.69) is 86.3 Å². The zero-order valence-corrected chi connectivity index (χ0v) is 44.6. The Balaban J connectivity index is -0.0000000467. The normalized spacial score (nSPS) is 17.6. The molecule has 0 saturated carbocycles. The molecule has 45 heavy (non-hydrogen) atoms. The Labute approximate surface area is 358 Å². The fourth-order valence-corrected chi connectivity index (χ4v) is 633. The summed E-state index contributed by atoms with van der Waals surface area (Å²) in [6, 6.07) is 0. The Morgan fingerprint density at radius 3 is 0.489 bits per heavy atom. The molecule has 6 fully saturated rings. The minimum atomic E-state index is -2.17. The molecular formula is C3H22Ca7Fe3O26P6. The van der Waals surface area contributed by atoms with Crippen LogP contribution in [0.25, 0.3) is 0 Å². The fraction of sp³-hybridized carbons (Fsp3) is 1.00. The molecule has 0 aliphatic carbocycles. The second-order valence-electron chi connectivity index (χ2n) is 4.68. The van der Waals surface area contributed by atoms with E-state index < -0.39 is 49.5 Å². The second-order valence-corrected chi connectivity index (χ2v) is 132. The van der Waals surface area contributed by atoms with Crippen LogP contribution >= 0.6 is 49.5 Å². The molecule has 0 bridgehead atoms. The fourth-order valence-electron chi connectivity index (χ4n) is 0.901. The van der Waals surface area contributed by atoms with Crippen molar-refractivity contribution >= 4 is 172 Å². The summed E-state index contributed by atoms with van der Waals surface area (Å²) in [4.78, 5) is 0. The molecule has 0 aromatic rings. The first-order valence-corrected chi connectivity index (χ1v) is 64.0. The van der Waals surface area contributed by atoms with Crippen LogP contribution in [0.15, 0.2) is 0 Å². The van der Waals surface area contributed by atoms with Crippen molar-refractivity contribution in [2.45, 2.75) is 22.3 Å². The minimum absolute atomic E-state index is 0. The molecule has 0 atom stereocenters.